The largest absolute Gasteiger partial charge is 0.479 e. The summed E-state index contributed by atoms with van der Waals surface area (Å²) in [7, 11) is 0. The zero-order valence-corrected chi connectivity index (χ0v) is 13.6. The number of hydrogen-bond donors (Lipinski definition) is 2. The monoisotopic (exact) mass is 339 g/mol. The predicted molar refractivity (Wildman–Crippen MR) is 84.1 cm³/mol. The Balaban J connectivity index is 1.86. The van der Waals surface area contributed by atoms with Crippen molar-refractivity contribution in [2.75, 3.05) is 19.8 Å². The van der Waals surface area contributed by atoms with Crippen LogP contribution in [0.2, 0.25) is 0 Å². The number of hydrogen-bond acceptors (Lipinski definition) is 4. The number of halogens is 1. The van der Waals surface area contributed by atoms with E-state index >= 15 is 0 Å². The molecule has 0 aliphatic carbocycles. The molecule has 132 valence electrons. The van der Waals surface area contributed by atoms with Crippen molar-refractivity contribution in [3.8, 4) is 0 Å². The fraction of sp³-hybridized carbons (Fsp3) is 0.529. The first-order valence-corrected chi connectivity index (χ1v) is 7.95. The van der Waals surface area contributed by atoms with Gasteiger partial charge in [-0.25, -0.2) is 9.18 Å². The molecule has 0 radical (unpaired) electrons. The predicted octanol–water partition coefficient (Wildman–Crippen LogP) is 1.96. The molecular formula is C17H22FNO5. The molecule has 2 N–H and O–H groups in total. The number of aryl methyl sites for hydroxylation is 1. The number of ether oxygens (including phenoxy) is 2. The molecule has 1 heterocycles. The number of nitrogens with one attached hydrogen (secondary N) is 1. The lowest BCUT2D eigenvalue weighted by Crippen LogP contribution is -2.34. The van der Waals surface area contributed by atoms with Gasteiger partial charge in [0.1, 0.15) is 5.82 Å². The van der Waals surface area contributed by atoms with Crippen molar-refractivity contribution in [1.29, 1.82) is 0 Å². The summed E-state index contributed by atoms with van der Waals surface area (Å²) in [5.74, 6) is -2.03. The Labute approximate surface area is 139 Å². The maximum Gasteiger partial charge on any atom is 0.330 e. The van der Waals surface area contributed by atoms with E-state index in [9.17, 15) is 19.1 Å². The molecule has 1 aliphatic heterocycles. The quantitative estimate of drug-likeness (QED) is 0.793. The minimum absolute atomic E-state index is 0.0707. The number of aliphatic carboxylic acids is 1. The van der Waals surface area contributed by atoms with Crippen LogP contribution in [0.3, 0.4) is 0 Å². The van der Waals surface area contributed by atoms with Gasteiger partial charge < -0.3 is 19.9 Å². The summed E-state index contributed by atoms with van der Waals surface area (Å²) >= 11 is 0. The van der Waals surface area contributed by atoms with Crippen LogP contribution in [0.4, 0.5) is 4.39 Å². The molecule has 1 aromatic carbocycles. The van der Waals surface area contributed by atoms with E-state index in [0.29, 0.717) is 24.3 Å². The Hall–Kier alpha value is -1.99. The van der Waals surface area contributed by atoms with E-state index in [-0.39, 0.29) is 19.1 Å². The van der Waals surface area contributed by atoms with E-state index in [1.165, 1.54) is 18.2 Å². The first kappa shape index (κ1) is 18.4. The van der Waals surface area contributed by atoms with E-state index in [1.807, 2.05) is 0 Å². The van der Waals surface area contributed by atoms with Gasteiger partial charge in [0.15, 0.2) is 6.04 Å². The zero-order chi connectivity index (χ0) is 17.5. The van der Waals surface area contributed by atoms with Crippen molar-refractivity contribution in [1.82, 2.24) is 5.32 Å². The van der Waals surface area contributed by atoms with Crippen molar-refractivity contribution >= 4 is 11.9 Å². The highest BCUT2D eigenvalue weighted by molar-refractivity contribution is 5.84. The maximum absolute atomic E-state index is 13.3. The van der Waals surface area contributed by atoms with Crippen LogP contribution in [0.5, 0.6) is 0 Å². The molecule has 24 heavy (non-hydrogen) atoms. The second-order valence-electron chi connectivity index (χ2n) is 5.78. The molecule has 1 aromatic rings. The summed E-state index contributed by atoms with van der Waals surface area (Å²) in [4.78, 5) is 23.4. The van der Waals surface area contributed by atoms with Crippen molar-refractivity contribution in [2.45, 2.75) is 38.3 Å². The Bertz CT molecular complexity index is 586. The van der Waals surface area contributed by atoms with Gasteiger partial charge in [0, 0.05) is 13.2 Å². The minimum atomic E-state index is -1.21. The molecule has 1 amide bonds. The first-order valence-electron chi connectivity index (χ1n) is 7.95. The second-order valence-corrected chi connectivity index (χ2v) is 5.78. The molecule has 1 unspecified atom stereocenters. The summed E-state index contributed by atoms with van der Waals surface area (Å²) in [6, 6.07) is 2.77. The Morgan fingerprint density at radius 3 is 2.75 bits per heavy atom. The van der Waals surface area contributed by atoms with Crippen LogP contribution >= 0.6 is 0 Å². The van der Waals surface area contributed by atoms with Gasteiger partial charge in [-0.2, -0.15) is 0 Å². The summed E-state index contributed by atoms with van der Waals surface area (Å²) in [5.41, 5.74) is 0.663. The third-order valence-electron chi connectivity index (χ3n) is 3.92. The van der Waals surface area contributed by atoms with E-state index in [2.05, 4.69) is 5.32 Å². The lowest BCUT2D eigenvalue weighted by molar-refractivity contribution is -0.142. The number of carbonyl (C=O) groups excluding carboxylic acids is 1. The van der Waals surface area contributed by atoms with Crippen LogP contribution < -0.4 is 5.32 Å². The summed E-state index contributed by atoms with van der Waals surface area (Å²) < 4.78 is 24.1. The van der Waals surface area contributed by atoms with Crippen molar-refractivity contribution in [3.05, 3.63) is 35.1 Å². The molecule has 6 nitrogen and oxygen atoms in total. The molecule has 1 aliphatic rings. The van der Waals surface area contributed by atoms with E-state index in [0.717, 1.165) is 12.8 Å². The van der Waals surface area contributed by atoms with Gasteiger partial charge in [-0.1, -0.05) is 12.1 Å². The van der Waals surface area contributed by atoms with Crippen molar-refractivity contribution in [2.24, 2.45) is 0 Å². The van der Waals surface area contributed by atoms with E-state index in [1.54, 1.807) is 6.92 Å². The van der Waals surface area contributed by atoms with Gasteiger partial charge in [0.25, 0.3) is 0 Å². The highest BCUT2D eigenvalue weighted by atomic mass is 19.1. The molecule has 0 bridgehead atoms. The number of amides is 1. The molecule has 1 fully saturated rings. The number of carboxylic acid groups (broad SMARTS) is 1. The molecular weight excluding hydrogens is 317 g/mol. The van der Waals surface area contributed by atoms with Crippen LogP contribution in [0.1, 0.15) is 36.4 Å². The van der Waals surface area contributed by atoms with Crippen molar-refractivity contribution < 1.29 is 28.6 Å². The molecule has 1 saturated heterocycles. The lowest BCUT2D eigenvalue weighted by Gasteiger charge is -2.22. The van der Waals surface area contributed by atoms with Gasteiger partial charge in [-0.15, -0.1) is 0 Å². The summed E-state index contributed by atoms with van der Waals surface area (Å²) in [5, 5.41) is 11.8. The van der Waals surface area contributed by atoms with Crippen LogP contribution in [-0.2, 0) is 19.1 Å². The SMILES string of the molecule is Cc1cc(C(NC(=O)CCOC2CCOCC2)C(=O)O)ccc1F. The van der Waals surface area contributed by atoms with Gasteiger partial charge in [0.2, 0.25) is 5.91 Å². The zero-order valence-electron chi connectivity index (χ0n) is 13.6. The number of benzene rings is 1. The highest BCUT2D eigenvalue weighted by Gasteiger charge is 2.23. The van der Waals surface area contributed by atoms with E-state index in [4.69, 9.17) is 9.47 Å². The fourth-order valence-corrected chi connectivity index (χ4v) is 2.53. The molecule has 0 saturated carbocycles. The van der Waals surface area contributed by atoms with Gasteiger partial charge in [0.05, 0.1) is 19.1 Å². The maximum atomic E-state index is 13.3. The standard InChI is InChI=1S/C17H22FNO5/c1-11-10-12(2-3-14(11)18)16(17(21)22)19-15(20)6-9-24-13-4-7-23-8-5-13/h2-3,10,13,16H,4-9H2,1H3,(H,19,20)(H,21,22). The molecule has 1 atom stereocenters. The molecule has 2 rings (SSSR count). The normalized spacial score (nSPS) is 16.6. The third kappa shape index (κ3) is 5.28. The highest BCUT2D eigenvalue weighted by Crippen LogP contribution is 2.17. The summed E-state index contributed by atoms with van der Waals surface area (Å²) in [6.07, 6.45) is 1.76. The minimum Gasteiger partial charge on any atom is -0.479 e. The Morgan fingerprint density at radius 1 is 1.42 bits per heavy atom. The second kappa shape index (κ2) is 8.75. The first-order chi connectivity index (χ1) is 11.5. The Morgan fingerprint density at radius 2 is 2.12 bits per heavy atom. The average molecular weight is 339 g/mol. The fourth-order valence-electron chi connectivity index (χ4n) is 2.53. The lowest BCUT2D eigenvalue weighted by atomic mass is 10.0. The van der Waals surface area contributed by atoms with Crippen LogP contribution in [0.25, 0.3) is 0 Å². The molecule has 0 spiro atoms. The number of carboxylic acids is 1. The third-order valence-corrected chi connectivity index (χ3v) is 3.92. The van der Waals surface area contributed by atoms with Crippen LogP contribution in [0.15, 0.2) is 18.2 Å². The molecule has 7 heteroatoms. The summed E-state index contributed by atoms with van der Waals surface area (Å²) in [6.45, 7) is 3.08. The van der Waals surface area contributed by atoms with Crippen molar-refractivity contribution in [3.63, 3.8) is 0 Å². The number of rotatable bonds is 7. The van der Waals surface area contributed by atoms with Crippen LogP contribution in [0, 0.1) is 12.7 Å². The average Bonchev–Trinajstić information content (AvgIpc) is 2.56. The van der Waals surface area contributed by atoms with Gasteiger partial charge >= 0.3 is 5.97 Å². The number of carbonyl (C=O) groups is 2. The van der Waals surface area contributed by atoms with Gasteiger partial charge in [-0.05, 0) is 37.0 Å². The molecule has 0 aromatic heterocycles. The Kier molecular flexibility index (Phi) is 6.69. The van der Waals surface area contributed by atoms with Crippen LogP contribution in [-0.4, -0.2) is 42.9 Å². The topological polar surface area (TPSA) is 84.9 Å². The van der Waals surface area contributed by atoms with Gasteiger partial charge in [-0.3, -0.25) is 4.79 Å². The van der Waals surface area contributed by atoms with E-state index < -0.39 is 23.7 Å². The smallest absolute Gasteiger partial charge is 0.330 e.